The van der Waals surface area contributed by atoms with E-state index < -0.39 is 16.9 Å². The van der Waals surface area contributed by atoms with Crippen LogP contribution in [0.25, 0.3) is 0 Å². The van der Waals surface area contributed by atoms with Crippen molar-refractivity contribution in [3.05, 3.63) is 40.4 Å². The highest BCUT2D eigenvalue weighted by Crippen LogP contribution is 2.09. The number of carbonyl (C=O) groups is 1. The summed E-state index contributed by atoms with van der Waals surface area (Å²) >= 11 is 0. The quantitative estimate of drug-likeness (QED) is 0.336. The molecule has 0 fully saturated rings. The number of nitro groups is 1. The van der Waals surface area contributed by atoms with E-state index in [0.717, 1.165) is 6.21 Å². The van der Waals surface area contributed by atoms with Gasteiger partial charge in [-0.05, 0) is 19.1 Å². The molecule has 1 aromatic carbocycles. The molecule has 0 heterocycles. The van der Waals surface area contributed by atoms with Gasteiger partial charge in [-0.15, -0.1) is 0 Å². The van der Waals surface area contributed by atoms with Gasteiger partial charge < -0.3 is 4.74 Å². The third kappa shape index (κ3) is 4.02. The van der Waals surface area contributed by atoms with Gasteiger partial charge in [0.15, 0.2) is 0 Å². The molecule has 0 saturated heterocycles. The zero-order valence-corrected chi connectivity index (χ0v) is 9.28. The van der Waals surface area contributed by atoms with Gasteiger partial charge in [-0.3, -0.25) is 15.1 Å². The summed E-state index contributed by atoms with van der Waals surface area (Å²) in [5, 5.41) is 10.7. The van der Waals surface area contributed by atoms with E-state index in [9.17, 15) is 14.9 Å². The lowest BCUT2D eigenvalue weighted by molar-refractivity contribution is -0.490. The average Bonchev–Trinajstić information content (AvgIpc) is 2.30. The van der Waals surface area contributed by atoms with E-state index in [1.54, 1.807) is 37.3 Å². The van der Waals surface area contributed by atoms with E-state index in [4.69, 9.17) is 0 Å². The van der Waals surface area contributed by atoms with Crippen molar-refractivity contribution in [2.75, 3.05) is 6.61 Å². The molecule has 0 aliphatic heterocycles. The van der Waals surface area contributed by atoms with Crippen LogP contribution in [0.2, 0.25) is 0 Å². The highest BCUT2D eigenvalue weighted by molar-refractivity contribution is 5.93. The fraction of sp³-hybridized carbons (Fsp3) is 0.273. The Morgan fingerprint density at radius 3 is 2.71 bits per heavy atom. The maximum Gasteiger partial charge on any atom is 0.387 e. The van der Waals surface area contributed by atoms with E-state index in [-0.39, 0.29) is 6.61 Å². The molecule has 0 aliphatic rings. The zero-order chi connectivity index (χ0) is 12.7. The van der Waals surface area contributed by atoms with Crippen LogP contribution in [-0.2, 0) is 9.53 Å². The van der Waals surface area contributed by atoms with Crippen molar-refractivity contribution in [1.29, 1.82) is 0 Å². The molecule has 1 atom stereocenters. The molecular weight excluding hydrogens is 224 g/mol. The number of hydrogen-bond donors (Lipinski definition) is 0. The van der Waals surface area contributed by atoms with Crippen molar-refractivity contribution >= 4 is 17.9 Å². The molecule has 6 nitrogen and oxygen atoms in total. The normalized spacial score (nSPS) is 12.3. The van der Waals surface area contributed by atoms with Crippen LogP contribution in [0.15, 0.2) is 35.3 Å². The van der Waals surface area contributed by atoms with Crippen LogP contribution < -0.4 is 0 Å². The smallest absolute Gasteiger partial charge is 0.387 e. The van der Waals surface area contributed by atoms with Crippen LogP contribution in [0.5, 0.6) is 0 Å². The molecule has 0 amide bonds. The second kappa shape index (κ2) is 6.37. The number of benzene rings is 1. The number of aliphatic imine (C=N–C) groups is 1. The van der Waals surface area contributed by atoms with Gasteiger partial charge in [0, 0.05) is 4.92 Å². The molecule has 0 bridgehead atoms. The monoisotopic (exact) mass is 236 g/mol. The predicted molar refractivity (Wildman–Crippen MR) is 62.0 cm³/mol. The fourth-order valence-electron chi connectivity index (χ4n) is 1.10. The highest BCUT2D eigenvalue weighted by atomic mass is 16.6. The standard InChI is InChI=1S/C11H12N2O4/c1-2-17-11(14)10(13(15)16)8-12-9-6-4-3-5-7-9/h3-8,10H,2H2,1H3. The van der Waals surface area contributed by atoms with E-state index >= 15 is 0 Å². The molecule has 1 unspecified atom stereocenters. The van der Waals surface area contributed by atoms with E-state index in [0.29, 0.717) is 5.69 Å². The van der Waals surface area contributed by atoms with Crippen molar-refractivity contribution in [1.82, 2.24) is 0 Å². The van der Waals surface area contributed by atoms with Gasteiger partial charge in [0.05, 0.1) is 18.5 Å². The lowest BCUT2D eigenvalue weighted by Crippen LogP contribution is -2.32. The third-order valence-electron chi connectivity index (χ3n) is 1.88. The molecular formula is C11H12N2O4. The van der Waals surface area contributed by atoms with Crippen LogP contribution in [0.4, 0.5) is 5.69 Å². The number of nitrogens with zero attached hydrogens (tertiary/aromatic N) is 2. The fourth-order valence-corrected chi connectivity index (χ4v) is 1.10. The van der Waals surface area contributed by atoms with Crippen LogP contribution in [0.3, 0.4) is 0 Å². The highest BCUT2D eigenvalue weighted by Gasteiger charge is 2.28. The molecule has 1 aromatic rings. The van der Waals surface area contributed by atoms with Crippen LogP contribution in [0, 0.1) is 10.1 Å². The number of ether oxygens (including phenoxy) is 1. The van der Waals surface area contributed by atoms with Gasteiger partial charge in [-0.25, -0.2) is 4.79 Å². The Morgan fingerprint density at radius 1 is 1.53 bits per heavy atom. The average molecular weight is 236 g/mol. The van der Waals surface area contributed by atoms with E-state index in [1.807, 2.05) is 0 Å². The molecule has 0 saturated carbocycles. The zero-order valence-electron chi connectivity index (χ0n) is 9.28. The summed E-state index contributed by atoms with van der Waals surface area (Å²) in [5.74, 6) is -0.905. The van der Waals surface area contributed by atoms with Gasteiger partial charge in [-0.1, -0.05) is 18.2 Å². The van der Waals surface area contributed by atoms with Crippen molar-refractivity contribution in [2.45, 2.75) is 13.0 Å². The first-order valence-electron chi connectivity index (χ1n) is 5.04. The number of carbonyl (C=O) groups excluding carboxylic acids is 1. The Kier molecular flexibility index (Phi) is 4.80. The van der Waals surface area contributed by atoms with Gasteiger partial charge in [0.25, 0.3) is 0 Å². The lowest BCUT2D eigenvalue weighted by atomic mass is 10.3. The molecule has 0 radical (unpaired) electrons. The molecule has 0 N–H and O–H groups in total. The summed E-state index contributed by atoms with van der Waals surface area (Å²) in [7, 11) is 0. The number of rotatable bonds is 5. The van der Waals surface area contributed by atoms with E-state index in [2.05, 4.69) is 9.73 Å². The summed E-state index contributed by atoms with van der Waals surface area (Å²) in [6.45, 7) is 1.69. The Bertz CT molecular complexity index is 417. The van der Waals surface area contributed by atoms with Crippen molar-refractivity contribution in [3.8, 4) is 0 Å². The first kappa shape index (κ1) is 12.8. The van der Waals surface area contributed by atoms with Crippen molar-refractivity contribution in [2.24, 2.45) is 4.99 Å². The first-order chi connectivity index (χ1) is 8.15. The second-order valence-electron chi connectivity index (χ2n) is 3.10. The Hall–Kier alpha value is -2.24. The summed E-state index contributed by atoms with van der Waals surface area (Å²) < 4.78 is 4.58. The van der Waals surface area contributed by atoms with Crippen LogP contribution in [-0.4, -0.2) is 29.8 Å². The number of para-hydroxylation sites is 1. The van der Waals surface area contributed by atoms with Crippen LogP contribution >= 0.6 is 0 Å². The van der Waals surface area contributed by atoms with Gasteiger partial charge in [0.2, 0.25) is 0 Å². The Balaban J connectivity index is 2.77. The van der Waals surface area contributed by atoms with Gasteiger partial charge in [-0.2, -0.15) is 0 Å². The lowest BCUT2D eigenvalue weighted by Gasteiger charge is -2.03. The minimum atomic E-state index is -1.56. The molecule has 1 rings (SSSR count). The molecule has 0 spiro atoms. The van der Waals surface area contributed by atoms with Gasteiger partial charge >= 0.3 is 12.0 Å². The third-order valence-corrected chi connectivity index (χ3v) is 1.88. The minimum absolute atomic E-state index is 0.0996. The first-order valence-corrected chi connectivity index (χ1v) is 5.04. The Morgan fingerprint density at radius 2 is 2.18 bits per heavy atom. The SMILES string of the molecule is CCOC(=O)C(C=Nc1ccccc1)[N+](=O)[O-]. The molecule has 17 heavy (non-hydrogen) atoms. The second-order valence-corrected chi connectivity index (χ2v) is 3.10. The summed E-state index contributed by atoms with van der Waals surface area (Å²) in [6, 6.07) is 7.10. The van der Waals surface area contributed by atoms with E-state index in [1.165, 1.54) is 0 Å². The maximum atomic E-state index is 11.3. The maximum absolute atomic E-state index is 11.3. The molecule has 6 heteroatoms. The predicted octanol–water partition coefficient (Wildman–Crippen LogP) is 1.60. The van der Waals surface area contributed by atoms with Crippen molar-refractivity contribution in [3.63, 3.8) is 0 Å². The number of hydrogen-bond acceptors (Lipinski definition) is 5. The number of esters is 1. The Labute approximate surface area is 98.1 Å². The molecule has 0 aliphatic carbocycles. The summed E-state index contributed by atoms with van der Waals surface area (Å²) in [6.07, 6.45) is 0.979. The summed E-state index contributed by atoms with van der Waals surface area (Å²) in [5.41, 5.74) is 0.545. The largest absolute Gasteiger partial charge is 0.461 e. The van der Waals surface area contributed by atoms with Crippen LogP contribution in [0.1, 0.15) is 6.92 Å². The topological polar surface area (TPSA) is 81.8 Å². The van der Waals surface area contributed by atoms with Crippen molar-refractivity contribution < 1.29 is 14.5 Å². The minimum Gasteiger partial charge on any atom is -0.461 e. The molecule has 90 valence electrons. The summed E-state index contributed by atoms with van der Waals surface area (Å²) in [4.78, 5) is 25.0. The van der Waals surface area contributed by atoms with Gasteiger partial charge in [0.1, 0.15) is 0 Å². The molecule has 0 aromatic heterocycles.